The first-order valence-corrected chi connectivity index (χ1v) is 6.58. The smallest absolute Gasteiger partial charge is 0.323 e. The molecule has 1 saturated heterocycles. The third-order valence-corrected chi connectivity index (χ3v) is 3.87. The molecule has 2 aliphatic rings. The van der Waals surface area contributed by atoms with Gasteiger partial charge >= 0.3 is 5.97 Å². The van der Waals surface area contributed by atoms with E-state index >= 15 is 0 Å². The van der Waals surface area contributed by atoms with E-state index in [9.17, 15) is 4.79 Å². The Balaban J connectivity index is 1.86. The van der Waals surface area contributed by atoms with E-state index in [0.29, 0.717) is 6.61 Å². The van der Waals surface area contributed by atoms with Gasteiger partial charge in [-0.1, -0.05) is 13.3 Å². The molecule has 4 nitrogen and oxygen atoms in total. The van der Waals surface area contributed by atoms with E-state index in [4.69, 9.17) is 4.74 Å². The highest BCUT2D eigenvalue weighted by atomic mass is 16.5. The summed E-state index contributed by atoms with van der Waals surface area (Å²) in [5.41, 5.74) is 1.46. The van der Waals surface area contributed by atoms with Gasteiger partial charge in [0.15, 0.2) is 0 Å². The number of nitrogens with zero attached hydrogens (tertiary/aromatic N) is 1. The van der Waals surface area contributed by atoms with Crippen LogP contribution in [0.1, 0.15) is 39.0 Å². The molecule has 17 heavy (non-hydrogen) atoms. The zero-order valence-corrected chi connectivity index (χ0v) is 10.8. The average Bonchev–Trinajstić information content (AvgIpc) is 3.09. The lowest BCUT2D eigenvalue weighted by Gasteiger charge is -2.30. The molecular weight excluding hydrogens is 216 g/mol. The van der Waals surface area contributed by atoms with Gasteiger partial charge < -0.3 is 4.74 Å². The van der Waals surface area contributed by atoms with Gasteiger partial charge in [0.2, 0.25) is 0 Å². The van der Waals surface area contributed by atoms with Gasteiger partial charge in [0.1, 0.15) is 6.04 Å². The molecule has 2 fully saturated rings. The van der Waals surface area contributed by atoms with Crippen LogP contribution in [0.4, 0.5) is 0 Å². The van der Waals surface area contributed by atoms with E-state index in [-0.39, 0.29) is 17.4 Å². The SMILES string of the molecule is CCCCOC(=O)[C@@H]1CC2(CC2)C(=NC)CN1. The van der Waals surface area contributed by atoms with Gasteiger partial charge in [0.25, 0.3) is 0 Å². The lowest BCUT2D eigenvalue weighted by Crippen LogP contribution is -2.50. The van der Waals surface area contributed by atoms with E-state index in [1.165, 1.54) is 18.6 Å². The molecule has 0 aromatic carbocycles. The maximum Gasteiger partial charge on any atom is 0.323 e. The van der Waals surface area contributed by atoms with Crippen molar-refractivity contribution < 1.29 is 9.53 Å². The first-order chi connectivity index (χ1) is 8.22. The summed E-state index contributed by atoms with van der Waals surface area (Å²) >= 11 is 0. The second-order valence-corrected chi connectivity index (χ2v) is 5.11. The first kappa shape index (κ1) is 12.6. The van der Waals surface area contributed by atoms with E-state index in [1.807, 2.05) is 7.05 Å². The Morgan fingerprint density at radius 1 is 1.59 bits per heavy atom. The fraction of sp³-hybridized carbons (Fsp3) is 0.846. The highest BCUT2D eigenvalue weighted by Gasteiger charge is 2.51. The van der Waals surface area contributed by atoms with Crippen LogP contribution in [0.15, 0.2) is 4.99 Å². The Labute approximate surface area is 103 Å². The highest BCUT2D eigenvalue weighted by Crippen LogP contribution is 2.52. The average molecular weight is 238 g/mol. The fourth-order valence-electron chi connectivity index (χ4n) is 2.53. The summed E-state index contributed by atoms with van der Waals surface area (Å²) in [6.07, 6.45) is 5.23. The molecule has 1 saturated carbocycles. The molecule has 0 unspecified atom stereocenters. The van der Waals surface area contributed by atoms with Crippen LogP contribution in [0.3, 0.4) is 0 Å². The summed E-state index contributed by atoms with van der Waals surface area (Å²) < 4.78 is 5.27. The number of rotatable bonds is 4. The largest absolute Gasteiger partial charge is 0.465 e. The van der Waals surface area contributed by atoms with Crippen LogP contribution in [0, 0.1) is 5.41 Å². The summed E-state index contributed by atoms with van der Waals surface area (Å²) in [6.45, 7) is 3.38. The van der Waals surface area contributed by atoms with Crippen LogP contribution in [-0.4, -0.2) is 37.9 Å². The summed E-state index contributed by atoms with van der Waals surface area (Å²) in [7, 11) is 1.84. The number of piperidine rings is 1. The number of unbranched alkanes of at least 4 members (excludes halogenated alkanes) is 1. The van der Waals surface area contributed by atoms with Gasteiger partial charge in [-0.05, 0) is 25.7 Å². The highest BCUT2D eigenvalue weighted by molar-refractivity contribution is 5.96. The van der Waals surface area contributed by atoms with Crippen LogP contribution in [-0.2, 0) is 9.53 Å². The van der Waals surface area contributed by atoms with Crippen LogP contribution in [0.5, 0.6) is 0 Å². The molecule has 1 aliphatic carbocycles. The summed E-state index contributed by atoms with van der Waals surface area (Å²) in [5, 5.41) is 3.24. The molecule has 2 rings (SSSR count). The van der Waals surface area contributed by atoms with Crippen molar-refractivity contribution in [2.75, 3.05) is 20.2 Å². The predicted octanol–water partition coefficient (Wildman–Crippen LogP) is 1.54. The molecule has 96 valence electrons. The monoisotopic (exact) mass is 238 g/mol. The molecule has 1 atom stereocenters. The van der Waals surface area contributed by atoms with Crippen LogP contribution in [0.2, 0.25) is 0 Å². The van der Waals surface area contributed by atoms with Crippen LogP contribution < -0.4 is 5.32 Å². The second kappa shape index (κ2) is 5.17. The van der Waals surface area contributed by atoms with Crippen LogP contribution >= 0.6 is 0 Å². The zero-order valence-electron chi connectivity index (χ0n) is 10.8. The number of hydrogen-bond donors (Lipinski definition) is 1. The minimum atomic E-state index is -0.125. The predicted molar refractivity (Wildman–Crippen MR) is 67.3 cm³/mol. The Kier molecular flexibility index (Phi) is 3.82. The number of carbonyl (C=O) groups excluding carboxylic acids is 1. The van der Waals surface area contributed by atoms with Gasteiger partial charge in [-0.2, -0.15) is 0 Å². The van der Waals surface area contributed by atoms with E-state index in [0.717, 1.165) is 25.8 Å². The van der Waals surface area contributed by atoms with Crippen molar-refractivity contribution in [1.82, 2.24) is 5.32 Å². The zero-order chi connectivity index (χ0) is 12.3. The minimum absolute atomic E-state index is 0.0834. The van der Waals surface area contributed by atoms with Gasteiger partial charge in [-0.15, -0.1) is 0 Å². The Hall–Kier alpha value is -0.900. The molecule has 0 amide bonds. The standard InChI is InChI=1S/C13H22N2O2/c1-3-4-7-17-12(16)10-8-13(5-6-13)11(14-2)9-15-10/h10,15H,3-9H2,1-2H3/t10-/m0/s1. The lowest BCUT2D eigenvalue weighted by atomic mass is 9.87. The summed E-state index contributed by atoms with van der Waals surface area (Å²) in [5.74, 6) is -0.0834. The molecule has 0 radical (unpaired) electrons. The summed E-state index contributed by atoms with van der Waals surface area (Å²) in [4.78, 5) is 16.2. The summed E-state index contributed by atoms with van der Waals surface area (Å²) in [6, 6.07) is -0.125. The number of aliphatic imine (C=N–C) groups is 1. The second-order valence-electron chi connectivity index (χ2n) is 5.11. The lowest BCUT2D eigenvalue weighted by molar-refractivity contribution is -0.146. The van der Waals surface area contributed by atoms with Crippen molar-refractivity contribution in [3.63, 3.8) is 0 Å². The van der Waals surface area contributed by atoms with Crippen molar-refractivity contribution >= 4 is 11.7 Å². The quantitative estimate of drug-likeness (QED) is 0.597. The Morgan fingerprint density at radius 3 is 2.94 bits per heavy atom. The molecule has 0 aromatic rings. The van der Waals surface area contributed by atoms with Gasteiger partial charge in [-0.25, -0.2) is 0 Å². The van der Waals surface area contributed by atoms with E-state index < -0.39 is 0 Å². The molecular formula is C13H22N2O2. The van der Waals surface area contributed by atoms with Crippen molar-refractivity contribution in [3.8, 4) is 0 Å². The van der Waals surface area contributed by atoms with Gasteiger partial charge in [0, 0.05) is 24.7 Å². The van der Waals surface area contributed by atoms with Crippen molar-refractivity contribution in [1.29, 1.82) is 0 Å². The normalized spacial score (nSPS) is 28.4. The van der Waals surface area contributed by atoms with E-state index in [1.54, 1.807) is 0 Å². The maximum atomic E-state index is 11.9. The maximum absolute atomic E-state index is 11.9. The molecule has 4 heteroatoms. The third-order valence-electron chi connectivity index (χ3n) is 3.87. The number of carbonyl (C=O) groups is 1. The topological polar surface area (TPSA) is 50.7 Å². The molecule has 0 bridgehead atoms. The number of hydrogen-bond acceptors (Lipinski definition) is 4. The van der Waals surface area contributed by atoms with Gasteiger partial charge in [-0.3, -0.25) is 15.1 Å². The van der Waals surface area contributed by atoms with Crippen LogP contribution in [0.25, 0.3) is 0 Å². The first-order valence-electron chi connectivity index (χ1n) is 6.58. The Bertz CT molecular complexity index is 321. The van der Waals surface area contributed by atoms with Crippen molar-refractivity contribution in [2.24, 2.45) is 10.4 Å². The fourth-order valence-corrected chi connectivity index (χ4v) is 2.53. The van der Waals surface area contributed by atoms with Crippen molar-refractivity contribution in [3.05, 3.63) is 0 Å². The number of ether oxygens (including phenoxy) is 1. The van der Waals surface area contributed by atoms with Gasteiger partial charge in [0.05, 0.1) is 6.61 Å². The number of nitrogens with one attached hydrogen (secondary N) is 1. The van der Waals surface area contributed by atoms with E-state index in [2.05, 4.69) is 17.2 Å². The Morgan fingerprint density at radius 2 is 2.35 bits per heavy atom. The molecule has 1 aliphatic heterocycles. The molecule has 1 N–H and O–H groups in total. The third kappa shape index (κ3) is 2.68. The number of esters is 1. The molecule has 1 spiro atoms. The molecule has 0 aromatic heterocycles. The van der Waals surface area contributed by atoms with Crippen molar-refractivity contribution in [2.45, 2.75) is 45.1 Å². The minimum Gasteiger partial charge on any atom is -0.465 e. The molecule has 1 heterocycles.